The molecule has 0 N–H and O–H groups in total. The summed E-state index contributed by atoms with van der Waals surface area (Å²) in [7, 11) is 3.27. The fraction of sp³-hybridized carbons (Fsp3) is 0.263. The highest BCUT2D eigenvalue weighted by atomic mass is 16.5. The normalized spacial score (nSPS) is 16.7. The van der Waals surface area contributed by atoms with E-state index in [-0.39, 0.29) is 11.9 Å². The van der Waals surface area contributed by atoms with E-state index in [4.69, 9.17) is 9.47 Å². The summed E-state index contributed by atoms with van der Waals surface area (Å²) in [6, 6.07) is 15.4. The Hall–Kier alpha value is -2.82. The number of ether oxygens (including phenoxy) is 2. The van der Waals surface area contributed by atoms with Gasteiger partial charge in [0.15, 0.2) is 0 Å². The molecule has 2 aromatic rings. The van der Waals surface area contributed by atoms with Crippen LogP contribution in [0.5, 0.6) is 11.5 Å². The highest BCUT2D eigenvalue weighted by Crippen LogP contribution is 2.33. The third kappa shape index (κ3) is 3.11. The molecule has 2 aromatic carbocycles. The quantitative estimate of drug-likeness (QED) is 0.866. The molecular weight excluding hydrogens is 304 g/mol. The van der Waals surface area contributed by atoms with Crippen LogP contribution in [0, 0.1) is 0 Å². The Morgan fingerprint density at radius 1 is 1.00 bits per heavy atom. The lowest BCUT2D eigenvalue weighted by Gasteiger charge is -2.20. The van der Waals surface area contributed by atoms with Gasteiger partial charge in [-0.3, -0.25) is 4.79 Å². The molecular formula is C19H20N2O3. The molecule has 1 atom stereocenters. The standard InChI is InChI=1S/C19H20N2O3/c1-13(22)21-19(15-6-10-17(24-3)11-7-15)12-18(20-21)14-4-8-16(23-2)9-5-14/h4-11,19H,12H2,1-3H3/t19-/m1/s1. The zero-order chi connectivity index (χ0) is 17.1. The Kier molecular flexibility index (Phi) is 4.51. The summed E-state index contributed by atoms with van der Waals surface area (Å²) in [5.41, 5.74) is 2.94. The van der Waals surface area contributed by atoms with Gasteiger partial charge in [0.1, 0.15) is 11.5 Å². The molecule has 0 spiro atoms. The number of nitrogens with zero attached hydrogens (tertiary/aromatic N) is 2. The van der Waals surface area contributed by atoms with Gasteiger partial charge in [0.25, 0.3) is 0 Å². The van der Waals surface area contributed by atoms with Gasteiger partial charge >= 0.3 is 0 Å². The van der Waals surface area contributed by atoms with Gasteiger partial charge < -0.3 is 9.47 Å². The van der Waals surface area contributed by atoms with Crippen LogP contribution in [-0.4, -0.2) is 30.8 Å². The van der Waals surface area contributed by atoms with Crippen LogP contribution >= 0.6 is 0 Å². The SMILES string of the molecule is COc1ccc(C2=NN(C(C)=O)[C@@H](c3ccc(OC)cc3)C2)cc1. The second-order valence-electron chi connectivity index (χ2n) is 5.63. The van der Waals surface area contributed by atoms with Gasteiger partial charge in [-0.2, -0.15) is 5.10 Å². The number of methoxy groups -OCH3 is 2. The van der Waals surface area contributed by atoms with Crippen molar-refractivity contribution in [3.63, 3.8) is 0 Å². The van der Waals surface area contributed by atoms with Crippen molar-refractivity contribution in [2.75, 3.05) is 14.2 Å². The maximum atomic E-state index is 12.0. The van der Waals surface area contributed by atoms with Gasteiger partial charge in [-0.1, -0.05) is 12.1 Å². The molecule has 124 valence electrons. The van der Waals surface area contributed by atoms with E-state index in [1.54, 1.807) is 19.2 Å². The van der Waals surface area contributed by atoms with Crippen LogP contribution in [0.3, 0.4) is 0 Å². The Balaban J connectivity index is 1.88. The smallest absolute Gasteiger partial charge is 0.240 e. The van der Waals surface area contributed by atoms with Gasteiger partial charge in [-0.15, -0.1) is 0 Å². The second-order valence-corrected chi connectivity index (χ2v) is 5.63. The van der Waals surface area contributed by atoms with Crippen molar-refractivity contribution in [3.05, 3.63) is 59.7 Å². The zero-order valence-electron chi connectivity index (χ0n) is 14.0. The van der Waals surface area contributed by atoms with Gasteiger partial charge in [0.05, 0.1) is 26.0 Å². The van der Waals surface area contributed by atoms with Gasteiger partial charge in [0.2, 0.25) is 5.91 Å². The van der Waals surface area contributed by atoms with Crippen molar-refractivity contribution < 1.29 is 14.3 Å². The van der Waals surface area contributed by atoms with Crippen molar-refractivity contribution >= 4 is 11.6 Å². The lowest BCUT2D eigenvalue weighted by atomic mass is 9.98. The van der Waals surface area contributed by atoms with Crippen LogP contribution in [0.4, 0.5) is 0 Å². The number of carbonyl (C=O) groups is 1. The monoisotopic (exact) mass is 324 g/mol. The maximum Gasteiger partial charge on any atom is 0.240 e. The van der Waals surface area contributed by atoms with Gasteiger partial charge in [-0.05, 0) is 47.5 Å². The summed E-state index contributed by atoms with van der Waals surface area (Å²) >= 11 is 0. The molecule has 1 aliphatic rings. The largest absolute Gasteiger partial charge is 0.497 e. The number of benzene rings is 2. The first-order valence-corrected chi connectivity index (χ1v) is 7.78. The molecule has 0 saturated carbocycles. The molecule has 24 heavy (non-hydrogen) atoms. The molecule has 0 aliphatic carbocycles. The van der Waals surface area contributed by atoms with E-state index in [1.165, 1.54) is 6.92 Å². The molecule has 0 unspecified atom stereocenters. The molecule has 0 saturated heterocycles. The van der Waals surface area contributed by atoms with Crippen molar-refractivity contribution in [2.45, 2.75) is 19.4 Å². The summed E-state index contributed by atoms with van der Waals surface area (Å²) < 4.78 is 10.4. The minimum absolute atomic E-state index is 0.0701. The predicted molar refractivity (Wildman–Crippen MR) is 92.4 cm³/mol. The Labute approximate surface area is 141 Å². The van der Waals surface area contributed by atoms with E-state index < -0.39 is 0 Å². The summed E-state index contributed by atoms with van der Waals surface area (Å²) in [6.45, 7) is 1.54. The summed E-state index contributed by atoms with van der Waals surface area (Å²) in [5.74, 6) is 1.52. The number of amides is 1. The highest BCUT2D eigenvalue weighted by Gasteiger charge is 2.31. The van der Waals surface area contributed by atoms with Crippen LogP contribution < -0.4 is 9.47 Å². The minimum atomic E-state index is -0.0921. The van der Waals surface area contributed by atoms with Crippen LogP contribution in [0.15, 0.2) is 53.6 Å². The van der Waals surface area contributed by atoms with Crippen molar-refractivity contribution in [2.24, 2.45) is 5.10 Å². The van der Waals surface area contributed by atoms with E-state index in [0.29, 0.717) is 6.42 Å². The first kappa shape index (κ1) is 16.1. The van der Waals surface area contributed by atoms with Crippen molar-refractivity contribution in [1.82, 2.24) is 5.01 Å². The number of rotatable bonds is 4. The molecule has 0 aromatic heterocycles. The van der Waals surface area contributed by atoms with Crippen molar-refractivity contribution in [3.8, 4) is 11.5 Å². The number of carbonyl (C=O) groups excluding carboxylic acids is 1. The first-order valence-electron chi connectivity index (χ1n) is 7.78. The van der Waals surface area contributed by atoms with E-state index in [9.17, 15) is 4.79 Å². The van der Waals surface area contributed by atoms with Crippen LogP contribution in [0.2, 0.25) is 0 Å². The average molecular weight is 324 g/mol. The topological polar surface area (TPSA) is 51.1 Å². The van der Waals surface area contributed by atoms with Gasteiger partial charge in [0, 0.05) is 13.3 Å². The van der Waals surface area contributed by atoms with Crippen LogP contribution in [0.25, 0.3) is 0 Å². The van der Waals surface area contributed by atoms with Gasteiger partial charge in [-0.25, -0.2) is 5.01 Å². The van der Waals surface area contributed by atoms with Crippen LogP contribution in [0.1, 0.15) is 30.5 Å². The predicted octanol–water partition coefficient (Wildman–Crippen LogP) is 3.40. The third-order valence-corrected chi connectivity index (χ3v) is 4.16. The summed E-state index contributed by atoms with van der Waals surface area (Å²) in [4.78, 5) is 12.0. The fourth-order valence-corrected chi connectivity index (χ4v) is 2.84. The number of hydrogen-bond acceptors (Lipinski definition) is 4. The van der Waals surface area contributed by atoms with E-state index >= 15 is 0 Å². The second kappa shape index (κ2) is 6.74. The fourth-order valence-electron chi connectivity index (χ4n) is 2.84. The molecule has 1 aliphatic heterocycles. The molecule has 0 radical (unpaired) electrons. The third-order valence-electron chi connectivity index (χ3n) is 4.16. The van der Waals surface area contributed by atoms with E-state index in [0.717, 1.165) is 28.3 Å². The Morgan fingerprint density at radius 3 is 2.04 bits per heavy atom. The molecule has 5 nitrogen and oxygen atoms in total. The first-order chi connectivity index (χ1) is 11.6. The molecule has 5 heteroatoms. The maximum absolute atomic E-state index is 12.0. The molecule has 1 heterocycles. The zero-order valence-corrected chi connectivity index (χ0v) is 14.0. The lowest BCUT2D eigenvalue weighted by Crippen LogP contribution is -2.24. The Bertz CT molecular complexity index is 751. The lowest BCUT2D eigenvalue weighted by molar-refractivity contribution is -0.130. The number of hydrogen-bond donors (Lipinski definition) is 0. The minimum Gasteiger partial charge on any atom is -0.497 e. The van der Waals surface area contributed by atoms with Crippen molar-refractivity contribution in [1.29, 1.82) is 0 Å². The van der Waals surface area contributed by atoms with Crippen LogP contribution in [-0.2, 0) is 4.79 Å². The summed E-state index contributed by atoms with van der Waals surface area (Å²) in [5, 5.41) is 6.10. The molecule has 0 fully saturated rings. The average Bonchev–Trinajstić information content (AvgIpc) is 3.07. The highest BCUT2D eigenvalue weighted by molar-refractivity contribution is 6.03. The van der Waals surface area contributed by atoms with E-state index in [2.05, 4.69) is 5.10 Å². The number of hydrazone groups is 1. The molecule has 1 amide bonds. The molecule has 0 bridgehead atoms. The van der Waals surface area contributed by atoms with E-state index in [1.807, 2.05) is 48.5 Å². The molecule has 3 rings (SSSR count). The Morgan fingerprint density at radius 2 is 1.54 bits per heavy atom. The summed E-state index contributed by atoms with van der Waals surface area (Å²) in [6.07, 6.45) is 0.679.